The van der Waals surface area contributed by atoms with Crippen molar-refractivity contribution in [2.75, 3.05) is 39.3 Å². The number of carbonyl (C=O) groups excluding carboxylic acids is 1. The molecule has 1 aromatic rings. The second kappa shape index (κ2) is 9.41. The molecule has 4 heteroatoms. The first-order valence-electron chi connectivity index (χ1n) is 11.5. The minimum absolute atomic E-state index is 0.0924. The lowest BCUT2D eigenvalue weighted by molar-refractivity contribution is -0.138. The Balaban J connectivity index is 1.31. The molecule has 4 nitrogen and oxygen atoms in total. The van der Waals surface area contributed by atoms with E-state index in [4.69, 9.17) is 0 Å². The molecule has 0 aliphatic carbocycles. The van der Waals surface area contributed by atoms with Gasteiger partial charge in [0, 0.05) is 26.2 Å². The molecule has 0 N–H and O–H groups in total. The summed E-state index contributed by atoms with van der Waals surface area (Å²) in [5.41, 5.74) is 1.32. The van der Waals surface area contributed by atoms with E-state index in [-0.39, 0.29) is 6.04 Å². The summed E-state index contributed by atoms with van der Waals surface area (Å²) in [4.78, 5) is 20.6. The Morgan fingerprint density at radius 2 is 1.71 bits per heavy atom. The smallest absolute Gasteiger partial charge is 0.239 e. The lowest BCUT2D eigenvalue weighted by Gasteiger charge is -2.39. The molecule has 0 spiro atoms. The molecule has 1 amide bonds. The van der Waals surface area contributed by atoms with Gasteiger partial charge in [-0.25, -0.2) is 0 Å². The van der Waals surface area contributed by atoms with Crippen LogP contribution < -0.4 is 0 Å². The monoisotopic (exact) mass is 383 g/mol. The molecule has 0 radical (unpaired) electrons. The van der Waals surface area contributed by atoms with Gasteiger partial charge in [0.2, 0.25) is 5.91 Å². The highest BCUT2D eigenvalue weighted by atomic mass is 16.2. The van der Waals surface area contributed by atoms with Crippen LogP contribution in [-0.2, 0) is 11.3 Å². The molecule has 3 aliphatic rings. The van der Waals surface area contributed by atoms with Gasteiger partial charge in [-0.3, -0.25) is 9.69 Å². The van der Waals surface area contributed by atoms with Crippen LogP contribution in [0, 0.1) is 11.8 Å². The summed E-state index contributed by atoms with van der Waals surface area (Å²) in [5, 5.41) is 0. The molecule has 0 bridgehead atoms. The molecular weight excluding hydrogens is 346 g/mol. The number of rotatable bonds is 5. The van der Waals surface area contributed by atoms with E-state index in [0.717, 1.165) is 44.9 Å². The first kappa shape index (κ1) is 19.9. The van der Waals surface area contributed by atoms with E-state index in [0.29, 0.717) is 11.8 Å². The average Bonchev–Trinajstić information content (AvgIpc) is 3.18. The Bertz CT molecular complexity index is 626. The molecule has 3 heterocycles. The van der Waals surface area contributed by atoms with Gasteiger partial charge in [0.15, 0.2) is 0 Å². The Morgan fingerprint density at radius 3 is 2.50 bits per heavy atom. The minimum Gasteiger partial charge on any atom is -0.341 e. The predicted octanol–water partition coefficient (Wildman–Crippen LogP) is 3.62. The van der Waals surface area contributed by atoms with Gasteiger partial charge in [-0.15, -0.1) is 0 Å². The largest absolute Gasteiger partial charge is 0.341 e. The highest BCUT2D eigenvalue weighted by Crippen LogP contribution is 2.26. The van der Waals surface area contributed by atoms with Gasteiger partial charge in [0.25, 0.3) is 0 Å². The summed E-state index contributed by atoms with van der Waals surface area (Å²) >= 11 is 0. The topological polar surface area (TPSA) is 26.8 Å². The summed E-state index contributed by atoms with van der Waals surface area (Å²) in [6.07, 6.45) is 7.31. The van der Waals surface area contributed by atoms with Crippen molar-refractivity contribution in [3.05, 3.63) is 35.9 Å². The van der Waals surface area contributed by atoms with Crippen LogP contribution in [0.1, 0.15) is 51.0 Å². The summed E-state index contributed by atoms with van der Waals surface area (Å²) in [7, 11) is 0. The van der Waals surface area contributed by atoms with Crippen LogP contribution in [0.4, 0.5) is 0 Å². The van der Waals surface area contributed by atoms with Gasteiger partial charge in [0.05, 0.1) is 6.04 Å². The summed E-state index contributed by atoms with van der Waals surface area (Å²) in [6.45, 7) is 9.95. The van der Waals surface area contributed by atoms with E-state index in [1.165, 1.54) is 50.9 Å². The van der Waals surface area contributed by atoms with Crippen molar-refractivity contribution in [1.82, 2.24) is 14.7 Å². The van der Waals surface area contributed by atoms with Gasteiger partial charge in [-0.1, -0.05) is 37.3 Å². The first-order valence-corrected chi connectivity index (χ1v) is 11.5. The van der Waals surface area contributed by atoms with E-state index in [9.17, 15) is 4.79 Å². The first-order chi connectivity index (χ1) is 13.7. The predicted molar refractivity (Wildman–Crippen MR) is 114 cm³/mol. The number of hydrogen-bond acceptors (Lipinski definition) is 3. The van der Waals surface area contributed by atoms with Gasteiger partial charge in [-0.2, -0.15) is 0 Å². The molecule has 28 heavy (non-hydrogen) atoms. The summed E-state index contributed by atoms with van der Waals surface area (Å²) in [6, 6.07) is 10.7. The number of hydrogen-bond donors (Lipinski definition) is 0. The normalized spacial score (nSPS) is 28.0. The van der Waals surface area contributed by atoms with Crippen LogP contribution in [0.5, 0.6) is 0 Å². The molecule has 154 valence electrons. The molecule has 4 rings (SSSR count). The van der Waals surface area contributed by atoms with E-state index in [1.54, 1.807) is 0 Å². The fraction of sp³-hybridized carbons (Fsp3) is 0.708. The molecular formula is C24H37N3O. The van der Waals surface area contributed by atoms with Crippen LogP contribution in [-0.4, -0.2) is 65.9 Å². The van der Waals surface area contributed by atoms with E-state index in [2.05, 4.69) is 52.0 Å². The van der Waals surface area contributed by atoms with Gasteiger partial charge < -0.3 is 9.80 Å². The zero-order valence-electron chi connectivity index (χ0n) is 17.6. The summed E-state index contributed by atoms with van der Waals surface area (Å²) in [5.74, 6) is 1.94. The average molecular weight is 384 g/mol. The van der Waals surface area contributed by atoms with Crippen molar-refractivity contribution < 1.29 is 4.79 Å². The third-order valence-electron chi connectivity index (χ3n) is 7.10. The van der Waals surface area contributed by atoms with Crippen molar-refractivity contribution in [1.29, 1.82) is 0 Å². The van der Waals surface area contributed by atoms with Crippen molar-refractivity contribution in [2.24, 2.45) is 11.8 Å². The Hall–Kier alpha value is -1.39. The molecule has 3 aliphatic heterocycles. The van der Waals surface area contributed by atoms with Crippen molar-refractivity contribution in [3.8, 4) is 0 Å². The van der Waals surface area contributed by atoms with Crippen molar-refractivity contribution in [2.45, 2.75) is 58.0 Å². The lowest BCUT2D eigenvalue weighted by Crippen LogP contribution is -2.50. The second-order valence-corrected chi connectivity index (χ2v) is 9.39. The zero-order chi connectivity index (χ0) is 19.3. The fourth-order valence-corrected chi connectivity index (χ4v) is 5.35. The van der Waals surface area contributed by atoms with Gasteiger partial charge in [-0.05, 0) is 75.6 Å². The summed E-state index contributed by atoms with van der Waals surface area (Å²) < 4.78 is 0. The van der Waals surface area contributed by atoms with Crippen molar-refractivity contribution >= 4 is 5.91 Å². The zero-order valence-corrected chi connectivity index (χ0v) is 17.6. The van der Waals surface area contributed by atoms with Crippen LogP contribution in [0.25, 0.3) is 0 Å². The maximum absolute atomic E-state index is 13.4. The molecule has 0 aromatic heterocycles. The third-order valence-corrected chi connectivity index (χ3v) is 7.10. The van der Waals surface area contributed by atoms with Gasteiger partial charge in [0.1, 0.15) is 0 Å². The van der Waals surface area contributed by atoms with E-state index < -0.39 is 0 Å². The number of piperidine rings is 2. The van der Waals surface area contributed by atoms with Gasteiger partial charge >= 0.3 is 0 Å². The lowest BCUT2D eigenvalue weighted by atomic mass is 9.94. The number of amides is 1. The standard InChI is InChI=1S/C24H37N3O/c1-20-11-15-25(16-12-20)17-22-9-5-14-27(19-22)24(28)23-10-6-13-26(23)18-21-7-3-2-4-8-21/h2-4,7-8,20,22-23H,5-6,9-19H2,1H3. The Labute approximate surface area is 170 Å². The van der Waals surface area contributed by atoms with Crippen molar-refractivity contribution in [3.63, 3.8) is 0 Å². The van der Waals surface area contributed by atoms with Crippen LogP contribution >= 0.6 is 0 Å². The molecule has 3 saturated heterocycles. The molecule has 2 atom stereocenters. The maximum Gasteiger partial charge on any atom is 0.239 e. The molecule has 3 fully saturated rings. The molecule has 1 aromatic carbocycles. The number of carbonyl (C=O) groups is 1. The SMILES string of the molecule is CC1CCN(CC2CCCN(C(=O)C3CCCN3Cc3ccccc3)C2)CC1. The highest BCUT2D eigenvalue weighted by molar-refractivity contribution is 5.82. The molecule has 2 unspecified atom stereocenters. The second-order valence-electron chi connectivity index (χ2n) is 9.39. The number of benzene rings is 1. The number of likely N-dealkylation sites (tertiary alicyclic amines) is 3. The van der Waals surface area contributed by atoms with Crippen LogP contribution in [0.3, 0.4) is 0 Å². The van der Waals surface area contributed by atoms with Crippen LogP contribution in [0.15, 0.2) is 30.3 Å². The number of nitrogens with zero attached hydrogens (tertiary/aromatic N) is 3. The Kier molecular flexibility index (Phi) is 6.69. The third kappa shape index (κ3) is 4.96. The van der Waals surface area contributed by atoms with E-state index >= 15 is 0 Å². The quantitative estimate of drug-likeness (QED) is 0.777. The molecule has 0 saturated carbocycles. The Morgan fingerprint density at radius 1 is 0.964 bits per heavy atom. The van der Waals surface area contributed by atoms with Crippen LogP contribution in [0.2, 0.25) is 0 Å². The van der Waals surface area contributed by atoms with E-state index in [1.807, 2.05) is 0 Å². The highest BCUT2D eigenvalue weighted by Gasteiger charge is 2.35. The maximum atomic E-state index is 13.4. The fourth-order valence-electron chi connectivity index (χ4n) is 5.35. The minimum atomic E-state index is 0.0924.